The molecule has 0 radical (unpaired) electrons. The first-order chi connectivity index (χ1) is 6.75. The maximum absolute atomic E-state index is 4.46. The van der Waals surface area contributed by atoms with Gasteiger partial charge in [0.05, 0.1) is 5.69 Å². The molecule has 0 spiro atoms. The minimum Gasteiger partial charge on any atom is -0.307 e. The summed E-state index contributed by atoms with van der Waals surface area (Å²) in [5, 5.41) is 9.02. The Labute approximate surface area is 90.9 Å². The molecule has 0 amide bonds. The van der Waals surface area contributed by atoms with E-state index in [1.165, 1.54) is 0 Å². The van der Waals surface area contributed by atoms with E-state index in [9.17, 15) is 0 Å². The largest absolute Gasteiger partial charge is 0.307 e. The first-order valence-electron chi connectivity index (χ1n) is 4.37. The lowest BCUT2D eigenvalue weighted by Gasteiger charge is -1.97. The summed E-state index contributed by atoms with van der Waals surface area (Å²) < 4.78 is 0. The lowest BCUT2D eigenvalue weighted by molar-refractivity contribution is 0.834. The van der Waals surface area contributed by atoms with Crippen LogP contribution in [0, 0.1) is 0 Å². The SMILES string of the molecule is CC(C)c1csc(Nc2nccs2)n1. The van der Waals surface area contributed by atoms with E-state index in [4.69, 9.17) is 0 Å². The van der Waals surface area contributed by atoms with Gasteiger partial charge in [-0.1, -0.05) is 13.8 Å². The zero-order valence-corrected chi connectivity index (χ0v) is 9.65. The summed E-state index contributed by atoms with van der Waals surface area (Å²) in [6, 6.07) is 0. The lowest BCUT2D eigenvalue weighted by Crippen LogP contribution is -1.90. The van der Waals surface area contributed by atoms with Crippen molar-refractivity contribution in [3.05, 3.63) is 22.7 Å². The number of hydrogen-bond donors (Lipinski definition) is 1. The van der Waals surface area contributed by atoms with E-state index in [0.717, 1.165) is 16.0 Å². The topological polar surface area (TPSA) is 37.8 Å². The molecule has 0 aliphatic heterocycles. The van der Waals surface area contributed by atoms with Crippen LogP contribution in [0.4, 0.5) is 10.3 Å². The molecule has 0 aromatic carbocycles. The highest BCUT2D eigenvalue weighted by Gasteiger charge is 2.05. The van der Waals surface area contributed by atoms with Crippen molar-refractivity contribution in [1.29, 1.82) is 0 Å². The molecule has 0 fully saturated rings. The Kier molecular flexibility index (Phi) is 2.79. The van der Waals surface area contributed by atoms with E-state index in [1.54, 1.807) is 28.9 Å². The van der Waals surface area contributed by atoms with Crippen molar-refractivity contribution in [3.63, 3.8) is 0 Å². The molecule has 2 aromatic rings. The smallest absolute Gasteiger partial charge is 0.189 e. The van der Waals surface area contributed by atoms with E-state index in [-0.39, 0.29) is 0 Å². The standard InChI is InChI=1S/C9H11N3S2/c1-6(2)7-5-14-9(11-7)12-8-10-3-4-13-8/h3-6H,1-2H3,(H,10,11,12). The van der Waals surface area contributed by atoms with Crippen molar-refractivity contribution in [1.82, 2.24) is 9.97 Å². The summed E-state index contributed by atoms with van der Waals surface area (Å²) >= 11 is 3.20. The van der Waals surface area contributed by atoms with Crippen LogP contribution in [0.2, 0.25) is 0 Å². The third-order valence-corrected chi connectivity index (χ3v) is 3.22. The molecule has 0 unspecified atom stereocenters. The normalized spacial score (nSPS) is 10.8. The quantitative estimate of drug-likeness (QED) is 0.869. The second-order valence-electron chi connectivity index (χ2n) is 3.19. The molecule has 0 saturated heterocycles. The van der Waals surface area contributed by atoms with Crippen LogP contribution in [0.5, 0.6) is 0 Å². The first kappa shape index (κ1) is 9.61. The Morgan fingerprint density at radius 2 is 2.14 bits per heavy atom. The number of nitrogens with one attached hydrogen (secondary N) is 1. The van der Waals surface area contributed by atoms with Gasteiger partial charge in [0.2, 0.25) is 0 Å². The Morgan fingerprint density at radius 1 is 1.29 bits per heavy atom. The van der Waals surface area contributed by atoms with Crippen LogP contribution in [0.15, 0.2) is 17.0 Å². The maximum Gasteiger partial charge on any atom is 0.189 e. The van der Waals surface area contributed by atoms with E-state index in [0.29, 0.717) is 5.92 Å². The zero-order valence-electron chi connectivity index (χ0n) is 8.02. The highest BCUT2D eigenvalue weighted by atomic mass is 32.1. The Balaban J connectivity index is 2.11. The summed E-state index contributed by atoms with van der Waals surface area (Å²) in [7, 11) is 0. The van der Waals surface area contributed by atoms with Gasteiger partial charge in [0.1, 0.15) is 0 Å². The maximum atomic E-state index is 4.46. The lowest BCUT2D eigenvalue weighted by atomic mass is 10.2. The van der Waals surface area contributed by atoms with Crippen molar-refractivity contribution in [2.75, 3.05) is 5.32 Å². The van der Waals surface area contributed by atoms with Gasteiger partial charge in [-0.15, -0.1) is 22.7 Å². The number of rotatable bonds is 3. The van der Waals surface area contributed by atoms with Gasteiger partial charge in [-0.25, -0.2) is 9.97 Å². The molecule has 5 heteroatoms. The summed E-state index contributed by atoms with van der Waals surface area (Å²) in [5.74, 6) is 0.484. The van der Waals surface area contributed by atoms with Gasteiger partial charge >= 0.3 is 0 Å². The summed E-state index contributed by atoms with van der Waals surface area (Å²) in [6.07, 6.45) is 1.78. The van der Waals surface area contributed by atoms with E-state index in [1.807, 2.05) is 5.38 Å². The zero-order chi connectivity index (χ0) is 9.97. The van der Waals surface area contributed by atoms with Gasteiger partial charge in [0.25, 0.3) is 0 Å². The molecule has 2 heterocycles. The van der Waals surface area contributed by atoms with Crippen molar-refractivity contribution in [2.24, 2.45) is 0 Å². The molecule has 2 aromatic heterocycles. The number of nitrogens with zero attached hydrogens (tertiary/aromatic N) is 2. The predicted octanol–water partition coefficient (Wildman–Crippen LogP) is 3.47. The minimum absolute atomic E-state index is 0.484. The first-order valence-corrected chi connectivity index (χ1v) is 6.13. The molecule has 3 nitrogen and oxygen atoms in total. The van der Waals surface area contributed by atoms with Gasteiger partial charge in [0, 0.05) is 17.0 Å². The molecule has 74 valence electrons. The fourth-order valence-corrected chi connectivity index (χ4v) is 2.45. The van der Waals surface area contributed by atoms with E-state index < -0.39 is 0 Å². The summed E-state index contributed by atoms with van der Waals surface area (Å²) in [6.45, 7) is 4.28. The molecular weight excluding hydrogens is 214 g/mol. The van der Waals surface area contributed by atoms with Crippen molar-refractivity contribution in [2.45, 2.75) is 19.8 Å². The Bertz CT molecular complexity index is 392. The fourth-order valence-electron chi connectivity index (χ4n) is 0.985. The van der Waals surface area contributed by atoms with E-state index >= 15 is 0 Å². The van der Waals surface area contributed by atoms with Gasteiger partial charge < -0.3 is 5.32 Å². The second-order valence-corrected chi connectivity index (χ2v) is 4.95. The number of anilines is 2. The molecule has 1 N–H and O–H groups in total. The van der Waals surface area contributed by atoms with Crippen LogP contribution in [-0.4, -0.2) is 9.97 Å². The van der Waals surface area contributed by atoms with Crippen LogP contribution < -0.4 is 5.32 Å². The third kappa shape index (κ3) is 2.10. The molecule has 14 heavy (non-hydrogen) atoms. The highest BCUT2D eigenvalue weighted by molar-refractivity contribution is 7.15. The van der Waals surface area contributed by atoms with Gasteiger partial charge in [-0.2, -0.15) is 0 Å². The Morgan fingerprint density at radius 3 is 2.71 bits per heavy atom. The van der Waals surface area contributed by atoms with Crippen LogP contribution in [0.3, 0.4) is 0 Å². The average molecular weight is 225 g/mol. The van der Waals surface area contributed by atoms with Gasteiger partial charge in [-0.05, 0) is 5.92 Å². The summed E-state index contributed by atoms with van der Waals surface area (Å²) in [4.78, 5) is 8.60. The van der Waals surface area contributed by atoms with Crippen molar-refractivity contribution < 1.29 is 0 Å². The van der Waals surface area contributed by atoms with Crippen LogP contribution >= 0.6 is 22.7 Å². The van der Waals surface area contributed by atoms with Crippen molar-refractivity contribution >= 4 is 32.9 Å². The van der Waals surface area contributed by atoms with Gasteiger partial charge in [0.15, 0.2) is 10.3 Å². The fraction of sp³-hybridized carbons (Fsp3) is 0.333. The Hall–Kier alpha value is -0.940. The van der Waals surface area contributed by atoms with E-state index in [2.05, 4.69) is 34.5 Å². The molecule has 0 aliphatic carbocycles. The molecule has 0 aliphatic rings. The van der Waals surface area contributed by atoms with Gasteiger partial charge in [-0.3, -0.25) is 0 Å². The monoisotopic (exact) mass is 225 g/mol. The van der Waals surface area contributed by atoms with Crippen molar-refractivity contribution in [3.8, 4) is 0 Å². The summed E-state index contributed by atoms with van der Waals surface area (Å²) in [5.41, 5.74) is 1.13. The molecule has 2 rings (SSSR count). The van der Waals surface area contributed by atoms with Crippen LogP contribution in [-0.2, 0) is 0 Å². The minimum atomic E-state index is 0.484. The predicted molar refractivity (Wildman–Crippen MR) is 61.6 cm³/mol. The highest BCUT2D eigenvalue weighted by Crippen LogP contribution is 2.25. The second kappa shape index (κ2) is 4.06. The molecular formula is C9H11N3S2. The molecule has 0 bridgehead atoms. The number of hydrogen-bond acceptors (Lipinski definition) is 5. The number of aromatic nitrogens is 2. The average Bonchev–Trinajstić information content (AvgIpc) is 2.75. The number of thiazole rings is 2. The van der Waals surface area contributed by atoms with Crippen LogP contribution in [0.25, 0.3) is 0 Å². The van der Waals surface area contributed by atoms with Crippen LogP contribution in [0.1, 0.15) is 25.5 Å². The third-order valence-electron chi connectivity index (χ3n) is 1.76. The molecule has 0 saturated carbocycles. The molecule has 0 atom stereocenters.